The summed E-state index contributed by atoms with van der Waals surface area (Å²) in [5.74, 6) is 0.941. The van der Waals surface area contributed by atoms with Gasteiger partial charge in [0.2, 0.25) is 0 Å². The molecule has 0 bridgehead atoms. The van der Waals surface area contributed by atoms with E-state index >= 15 is 0 Å². The van der Waals surface area contributed by atoms with Crippen LogP contribution in [0.3, 0.4) is 0 Å². The number of hydrogen-bond donors (Lipinski definition) is 0. The molecule has 3 nitrogen and oxygen atoms in total. The van der Waals surface area contributed by atoms with E-state index in [0.29, 0.717) is 6.54 Å². The topological polar surface area (TPSA) is 21.1 Å². The van der Waals surface area contributed by atoms with Crippen molar-refractivity contribution in [1.29, 1.82) is 0 Å². The summed E-state index contributed by atoms with van der Waals surface area (Å²) in [5, 5.41) is 0. The fourth-order valence-corrected chi connectivity index (χ4v) is 2.52. The lowest BCUT2D eigenvalue weighted by Crippen LogP contribution is -2.19. The molecule has 4 heteroatoms. The monoisotopic (exact) mass is 283 g/mol. The molecule has 3 rings (SSSR count). The van der Waals surface area contributed by atoms with Gasteiger partial charge in [-0.15, -0.1) is 0 Å². The molecule has 0 radical (unpaired) electrons. The second-order valence-corrected chi connectivity index (χ2v) is 5.14. The molecule has 2 aromatic carbocycles. The minimum Gasteiger partial charge on any atom is -0.372 e. The number of alkyl halides is 1. The van der Waals surface area contributed by atoms with Crippen molar-refractivity contribution in [3.8, 4) is 11.4 Å². The number of para-hydroxylation sites is 2. The van der Waals surface area contributed by atoms with Gasteiger partial charge in [-0.05, 0) is 36.4 Å². The second-order valence-electron chi connectivity index (χ2n) is 5.14. The zero-order valence-electron chi connectivity index (χ0n) is 12.3. The molecule has 0 fully saturated rings. The molecule has 108 valence electrons. The molecule has 0 aliphatic rings. The van der Waals surface area contributed by atoms with Gasteiger partial charge in [-0.3, -0.25) is 0 Å². The van der Waals surface area contributed by atoms with Crippen molar-refractivity contribution in [3.05, 3.63) is 48.5 Å². The maximum atomic E-state index is 12.4. The third-order valence-electron chi connectivity index (χ3n) is 3.77. The molecule has 0 atom stereocenters. The van der Waals surface area contributed by atoms with Crippen LogP contribution in [0.5, 0.6) is 0 Å². The summed E-state index contributed by atoms with van der Waals surface area (Å²) in [4.78, 5) is 6.58. The van der Waals surface area contributed by atoms with Gasteiger partial charge in [0.25, 0.3) is 0 Å². The Balaban J connectivity index is 1.97. The van der Waals surface area contributed by atoms with Gasteiger partial charge in [-0.25, -0.2) is 9.37 Å². The van der Waals surface area contributed by atoms with Crippen molar-refractivity contribution in [2.45, 2.75) is 0 Å². The van der Waals surface area contributed by atoms with E-state index in [2.05, 4.69) is 15.6 Å². The normalized spacial score (nSPS) is 11.0. The predicted molar refractivity (Wildman–Crippen MR) is 85.4 cm³/mol. The lowest BCUT2D eigenvalue weighted by Gasteiger charge is -2.17. The van der Waals surface area contributed by atoms with E-state index < -0.39 is 0 Å². The van der Waals surface area contributed by atoms with Crippen molar-refractivity contribution in [2.75, 3.05) is 25.2 Å². The molecule has 0 saturated heterocycles. The van der Waals surface area contributed by atoms with Gasteiger partial charge in [-0.1, -0.05) is 12.1 Å². The maximum absolute atomic E-state index is 12.4. The molecule has 1 aromatic heterocycles. The van der Waals surface area contributed by atoms with Crippen molar-refractivity contribution in [1.82, 2.24) is 9.55 Å². The van der Waals surface area contributed by atoms with Crippen LogP contribution in [0.4, 0.5) is 10.1 Å². The highest BCUT2D eigenvalue weighted by Crippen LogP contribution is 2.25. The quantitative estimate of drug-likeness (QED) is 0.729. The Morgan fingerprint density at radius 3 is 2.48 bits per heavy atom. The third kappa shape index (κ3) is 2.49. The first-order chi connectivity index (χ1) is 10.2. The van der Waals surface area contributed by atoms with Crippen LogP contribution in [0.25, 0.3) is 22.4 Å². The lowest BCUT2D eigenvalue weighted by atomic mass is 10.2. The van der Waals surface area contributed by atoms with Crippen LogP contribution < -0.4 is 4.90 Å². The molecular formula is C17H18FN3. The van der Waals surface area contributed by atoms with Gasteiger partial charge in [-0.2, -0.15) is 0 Å². The number of fused-ring (bicyclic) bond motifs is 1. The van der Waals surface area contributed by atoms with Crippen LogP contribution in [-0.2, 0) is 7.05 Å². The molecule has 0 aliphatic heterocycles. The van der Waals surface area contributed by atoms with Crippen LogP contribution in [0, 0.1) is 0 Å². The van der Waals surface area contributed by atoms with Crippen molar-refractivity contribution in [2.24, 2.45) is 7.05 Å². The van der Waals surface area contributed by atoms with Crippen LogP contribution in [-0.4, -0.2) is 29.8 Å². The highest BCUT2D eigenvalue weighted by Gasteiger charge is 2.09. The Labute approximate surface area is 123 Å². The van der Waals surface area contributed by atoms with Gasteiger partial charge in [0.1, 0.15) is 12.5 Å². The highest BCUT2D eigenvalue weighted by atomic mass is 19.1. The molecule has 0 spiro atoms. The minimum atomic E-state index is -0.344. The Kier molecular flexibility index (Phi) is 3.60. The van der Waals surface area contributed by atoms with Crippen LogP contribution in [0.2, 0.25) is 0 Å². The molecule has 0 N–H and O–H groups in total. The number of aromatic nitrogens is 2. The van der Waals surface area contributed by atoms with E-state index in [-0.39, 0.29) is 6.67 Å². The molecular weight excluding hydrogens is 265 g/mol. The van der Waals surface area contributed by atoms with Crippen molar-refractivity contribution < 1.29 is 4.39 Å². The smallest absolute Gasteiger partial charge is 0.140 e. The SMILES string of the molecule is CN(CCF)c1ccc(-c2nc3ccccc3n2C)cc1. The summed E-state index contributed by atoms with van der Waals surface area (Å²) in [6, 6.07) is 16.2. The van der Waals surface area contributed by atoms with Gasteiger partial charge >= 0.3 is 0 Å². The number of rotatable bonds is 4. The summed E-state index contributed by atoms with van der Waals surface area (Å²) in [7, 11) is 3.91. The lowest BCUT2D eigenvalue weighted by molar-refractivity contribution is 0.497. The summed E-state index contributed by atoms with van der Waals surface area (Å²) < 4.78 is 14.5. The number of anilines is 1. The summed E-state index contributed by atoms with van der Waals surface area (Å²) in [6.45, 7) is 0.0641. The Hall–Kier alpha value is -2.36. The van der Waals surface area contributed by atoms with E-state index in [1.807, 2.05) is 61.5 Å². The van der Waals surface area contributed by atoms with E-state index in [9.17, 15) is 4.39 Å². The number of aryl methyl sites for hydroxylation is 1. The van der Waals surface area contributed by atoms with Crippen LogP contribution in [0.1, 0.15) is 0 Å². The predicted octanol–water partition coefficient (Wildman–Crippen LogP) is 3.65. The zero-order valence-corrected chi connectivity index (χ0v) is 12.3. The number of imidazole rings is 1. The van der Waals surface area contributed by atoms with Gasteiger partial charge < -0.3 is 9.47 Å². The molecule has 3 aromatic rings. The molecule has 0 amide bonds. The van der Waals surface area contributed by atoms with E-state index in [1.165, 1.54) is 0 Å². The fraction of sp³-hybridized carbons (Fsp3) is 0.235. The fourth-order valence-electron chi connectivity index (χ4n) is 2.52. The van der Waals surface area contributed by atoms with Gasteiger partial charge in [0.15, 0.2) is 0 Å². The minimum absolute atomic E-state index is 0.344. The van der Waals surface area contributed by atoms with E-state index in [1.54, 1.807) is 0 Å². The van der Waals surface area contributed by atoms with Crippen molar-refractivity contribution >= 4 is 16.7 Å². The Bertz CT molecular complexity index is 746. The number of benzene rings is 2. The Morgan fingerprint density at radius 1 is 1.10 bits per heavy atom. The highest BCUT2D eigenvalue weighted by molar-refractivity contribution is 5.80. The number of nitrogens with zero attached hydrogens (tertiary/aromatic N) is 3. The van der Waals surface area contributed by atoms with E-state index in [4.69, 9.17) is 0 Å². The maximum Gasteiger partial charge on any atom is 0.140 e. The summed E-state index contributed by atoms with van der Waals surface area (Å²) >= 11 is 0. The first-order valence-corrected chi connectivity index (χ1v) is 6.99. The molecule has 0 saturated carbocycles. The molecule has 21 heavy (non-hydrogen) atoms. The van der Waals surface area contributed by atoms with Gasteiger partial charge in [0, 0.05) is 31.9 Å². The standard InChI is InChI=1S/C17H18FN3/c1-20(12-11-18)14-9-7-13(8-10-14)17-19-15-5-3-4-6-16(15)21(17)2/h3-10H,11-12H2,1-2H3. The summed E-state index contributed by atoms with van der Waals surface area (Å²) in [5.41, 5.74) is 4.18. The zero-order chi connectivity index (χ0) is 14.8. The Morgan fingerprint density at radius 2 is 1.81 bits per heavy atom. The largest absolute Gasteiger partial charge is 0.372 e. The van der Waals surface area contributed by atoms with Crippen molar-refractivity contribution in [3.63, 3.8) is 0 Å². The molecule has 0 unspecified atom stereocenters. The van der Waals surface area contributed by atoms with Crippen LogP contribution in [0.15, 0.2) is 48.5 Å². The van der Waals surface area contributed by atoms with Gasteiger partial charge in [0.05, 0.1) is 11.0 Å². The van der Waals surface area contributed by atoms with E-state index in [0.717, 1.165) is 28.1 Å². The van der Waals surface area contributed by atoms with Crippen LogP contribution >= 0.6 is 0 Å². The third-order valence-corrected chi connectivity index (χ3v) is 3.77. The average molecular weight is 283 g/mol. The number of halogens is 1. The second kappa shape index (κ2) is 5.56. The first-order valence-electron chi connectivity index (χ1n) is 6.99. The first kappa shape index (κ1) is 13.6. The summed E-state index contributed by atoms with van der Waals surface area (Å²) in [6.07, 6.45) is 0. The average Bonchev–Trinajstić information content (AvgIpc) is 2.85. The molecule has 0 aliphatic carbocycles. The number of hydrogen-bond acceptors (Lipinski definition) is 2. The molecule has 1 heterocycles.